The van der Waals surface area contributed by atoms with Crippen LogP contribution < -0.4 is 10.1 Å². The highest BCUT2D eigenvalue weighted by Gasteiger charge is 2.11. The molecule has 1 N–H and O–H groups in total. The predicted octanol–water partition coefficient (Wildman–Crippen LogP) is 3.70. The molecule has 2 rings (SSSR count). The molecule has 2 aromatic rings. The van der Waals surface area contributed by atoms with Gasteiger partial charge in [-0.3, -0.25) is 9.59 Å². The number of Topliss-reactive ketones (excluding diaryl/α,β-unsaturated/α-hetero) is 1. The largest absolute Gasteiger partial charge is 0.496 e. The molecule has 0 heterocycles. The van der Waals surface area contributed by atoms with E-state index in [2.05, 4.69) is 5.32 Å². The van der Waals surface area contributed by atoms with Gasteiger partial charge in [0.05, 0.1) is 13.5 Å². The molecule has 1 amide bonds. The molecule has 0 saturated heterocycles. The van der Waals surface area contributed by atoms with Gasteiger partial charge in [-0.15, -0.1) is 0 Å². The summed E-state index contributed by atoms with van der Waals surface area (Å²) in [5.41, 5.74) is 4.28. The molecule has 0 aromatic heterocycles. The third kappa shape index (κ3) is 4.19. The summed E-state index contributed by atoms with van der Waals surface area (Å²) in [7, 11) is 1.60. The fourth-order valence-electron chi connectivity index (χ4n) is 2.37. The molecular formula is C19H21NO3. The van der Waals surface area contributed by atoms with Crippen molar-refractivity contribution in [2.24, 2.45) is 0 Å². The van der Waals surface area contributed by atoms with Crippen molar-refractivity contribution in [1.29, 1.82) is 0 Å². The van der Waals surface area contributed by atoms with Crippen LogP contribution in [0.4, 0.5) is 5.69 Å². The average molecular weight is 311 g/mol. The van der Waals surface area contributed by atoms with Crippen LogP contribution in [0.3, 0.4) is 0 Å². The highest BCUT2D eigenvalue weighted by molar-refractivity contribution is 5.97. The van der Waals surface area contributed by atoms with Crippen molar-refractivity contribution in [2.45, 2.75) is 27.2 Å². The number of nitrogens with one attached hydrogen (secondary N) is 1. The highest BCUT2D eigenvalue weighted by atomic mass is 16.5. The van der Waals surface area contributed by atoms with Gasteiger partial charge in [-0.05, 0) is 50.1 Å². The van der Waals surface area contributed by atoms with Crippen molar-refractivity contribution < 1.29 is 14.3 Å². The zero-order valence-electron chi connectivity index (χ0n) is 13.9. The zero-order valence-corrected chi connectivity index (χ0v) is 13.9. The number of carbonyl (C=O) groups excluding carboxylic acids is 2. The van der Waals surface area contributed by atoms with Crippen LogP contribution in [0.25, 0.3) is 0 Å². The Morgan fingerprint density at radius 2 is 1.78 bits per heavy atom. The van der Waals surface area contributed by atoms with Crippen LogP contribution in [0.5, 0.6) is 5.75 Å². The molecule has 0 aliphatic carbocycles. The maximum absolute atomic E-state index is 12.3. The van der Waals surface area contributed by atoms with Gasteiger partial charge < -0.3 is 10.1 Å². The standard InChI is InChI=1S/C19H21NO3/c1-12-8-16(18(23-4)9-13(12)2)11-19(22)20-17-7-5-6-15(10-17)14(3)21/h5-10H,11H2,1-4H3,(H,20,22). The average Bonchev–Trinajstić information content (AvgIpc) is 2.50. The second kappa shape index (κ2) is 7.09. The monoisotopic (exact) mass is 311 g/mol. The van der Waals surface area contributed by atoms with Crippen LogP contribution in [0.1, 0.15) is 34.0 Å². The van der Waals surface area contributed by atoms with Crippen LogP contribution in [0.15, 0.2) is 36.4 Å². The van der Waals surface area contributed by atoms with Crippen molar-refractivity contribution in [2.75, 3.05) is 12.4 Å². The number of hydrogen-bond acceptors (Lipinski definition) is 3. The molecule has 2 aromatic carbocycles. The van der Waals surface area contributed by atoms with Gasteiger partial charge in [-0.2, -0.15) is 0 Å². The van der Waals surface area contributed by atoms with Gasteiger partial charge in [-0.1, -0.05) is 18.2 Å². The minimum atomic E-state index is -0.146. The summed E-state index contributed by atoms with van der Waals surface area (Å²) < 4.78 is 5.36. The summed E-state index contributed by atoms with van der Waals surface area (Å²) >= 11 is 0. The first kappa shape index (κ1) is 16.7. The topological polar surface area (TPSA) is 55.4 Å². The van der Waals surface area contributed by atoms with Crippen LogP contribution in [-0.2, 0) is 11.2 Å². The maximum atomic E-state index is 12.3. The molecule has 0 fully saturated rings. The van der Waals surface area contributed by atoms with Crippen molar-refractivity contribution in [3.63, 3.8) is 0 Å². The number of methoxy groups -OCH3 is 1. The molecule has 0 unspecified atom stereocenters. The number of anilines is 1. The van der Waals surface area contributed by atoms with Crippen molar-refractivity contribution in [1.82, 2.24) is 0 Å². The van der Waals surface area contributed by atoms with Crippen molar-refractivity contribution in [3.05, 3.63) is 58.7 Å². The molecule has 0 aliphatic heterocycles. The van der Waals surface area contributed by atoms with Crippen molar-refractivity contribution in [3.8, 4) is 5.75 Å². The molecular weight excluding hydrogens is 290 g/mol. The number of rotatable bonds is 5. The summed E-state index contributed by atoms with van der Waals surface area (Å²) in [6.07, 6.45) is 0.217. The Morgan fingerprint density at radius 3 is 2.43 bits per heavy atom. The number of benzene rings is 2. The fraction of sp³-hybridized carbons (Fsp3) is 0.263. The summed E-state index contributed by atoms with van der Waals surface area (Å²) in [4.78, 5) is 23.7. The first-order valence-corrected chi connectivity index (χ1v) is 7.45. The summed E-state index contributed by atoms with van der Waals surface area (Å²) in [6.45, 7) is 5.52. The maximum Gasteiger partial charge on any atom is 0.228 e. The number of ether oxygens (including phenoxy) is 1. The molecule has 23 heavy (non-hydrogen) atoms. The number of amides is 1. The molecule has 4 heteroatoms. The summed E-state index contributed by atoms with van der Waals surface area (Å²) in [6, 6.07) is 10.8. The van der Waals surface area contributed by atoms with E-state index in [0.717, 1.165) is 16.7 Å². The van der Waals surface area contributed by atoms with Gasteiger partial charge in [0.25, 0.3) is 0 Å². The minimum absolute atomic E-state index is 0.0306. The Labute approximate surface area is 136 Å². The number of aryl methyl sites for hydroxylation is 2. The van der Waals surface area contributed by atoms with Gasteiger partial charge >= 0.3 is 0 Å². The van der Waals surface area contributed by atoms with E-state index >= 15 is 0 Å². The van der Waals surface area contributed by atoms with E-state index in [9.17, 15) is 9.59 Å². The molecule has 120 valence electrons. The van der Waals surface area contributed by atoms with Gasteiger partial charge in [0, 0.05) is 16.8 Å². The third-order valence-corrected chi connectivity index (χ3v) is 3.80. The highest BCUT2D eigenvalue weighted by Crippen LogP contribution is 2.24. The zero-order chi connectivity index (χ0) is 17.0. The lowest BCUT2D eigenvalue weighted by molar-refractivity contribution is -0.115. The van der Waals surface area contributed by atoms with Crippen LogP contribution >= 0.6 is 0 Å². The van der Waals surface area contributed by atoms with Crippen molar-refractivity contribution >= 4 is 17.4 Å². The Morgan fingerprint density at radius 1 is 1.09 bits per heavy atom. The SMILES string of the molecule is COc1cc(C)c(C)cc1CC(=O)Nc1cccc(C(C)=O)c1. The number of carbonyl (C=O) groups is 2. The van der Waals surface area contributed by atoms with Gasteiger partial charge in [0.2, 0.25) is 5.91 Å². The Bertz CT molecular complexity index is 750. The predicted molar refractivity (Wildman–Crippen MR) is 91.2 cm³/mol. The Kier molecular flexibility index (Phi) is 5.16. The van der Waals surface area contributed by atoms with E-state index in [0.29, 0.717) is 17.0 Å². The molecule has 0 spiro atoms. The Hall–Kier alpha value is -2.62. The smallest absolute Gasteiger partial charge is 0.228 e. The van der Waals surface area contributed by atoms with E-state index in [1.54, 1.807) is 31.4 Å². The van der Waals surface area contributed by atoms with Crippen LogP contribution in [0, 0.1) is 13.8 Å². The molecule has 0 atom stereocenters. The molecule has 0 saturated carbocycles. The second-order valence-corrected chi connectivity index (χ2v) is 5.61. The lowest BCUT2D eigenvalue weighted by Gasteiger charge is -2.12. The second-order valence-electron chi connectivity index (χ2n) is 5.61. The summed E-state index contributed by atoms with van der Waals surface area (Å²) in [5, 5.41) is 2.82. The number of ketones is 1. The van der Waals surface area contributed by atoms with E-state index in [1.807, 2.05) is 26.0 Å². The van der Waals surface area contributed by atoms with Gasteiger partial charge in [-0.25, -0.2) is 0 Å². The van der Waals surface area contributed by atoms with E-state index in [-0.39, 0.29) is 18.1 Å². The fourth-order valence-corrected chi connectivity index (χ4v) is 2.37. The molecule has 0 radical (unpaired) electrons. The van der Waals surface area contributed by atoms with E-state index in [4.69, 9.17) is 4.74 Å². The van der Waals surface area contributed by atoms with Crippen LogP contribution in [0.2, 0.25) is 0 Å². The van der Waals surface area contributed by atoms with Crippen LogP contribution in [-0.4, -0.2) is 18.8 Å². The lowest BCUT2D eigenvalue weighted by atomic mass is 10.0. The van der Waals surface area contributed by atoms with E-state index in [1.165, 1.54) is 6.92 Å². The van der Waals surface area contributed by atoms with Gasteiger partial charge in [0.1, 0.15) is 5.75 Å². The molecule has 0 aliphatic rings. The van der Waals surface area contributed by atoms with Gasteiger partial charge in [0.15, 0.2) is 5.78 Å². The first-order chi connectivity index (χ1) is 10.9. The minimum Gasteiger partial charge on any atom is -0.496 e. The molecule has 0 bridgehead atoms. The Balaban J connectivity index is 2.15. The van der Waals surface area contributed by atoms with E-state index < -0.39 is 0 Å². The quantitative estimate of drug-likeness (QED) is 0.857. The first-order valence-electron chi connectivity index (χ1n) is 7.45. The number of hydrogen-bond donors (Lipinski definition) is 1. The normalized spacial score (nSPS) is 10.3. The summed E-state index contributed by atoms with van der Waals surface area (Å²) in [5.74, 6) is 0.532. The lowest BCUT2D eigenvalue weighted by Crippen LogP contribution is -2.15. The third-order valence-electron chi connectivity index (χ3n) is 3.80. The molecule has 4 nitrogen and oxygen atoms in total.